The van der Waals surface area contributed by atoms with Crippen molar-refractivity contribution in [2.45, 2.75) is 93.4 Å². The van der Waals surface area contributed by atoms with Crippen LogP contribution in [0.3, 0.4) is 0 Å². The van der Waals surface area contributed by atoms with Crippen LogP contribution in [0.25, 0.3) is 0 Å². The van der Waals surface area contributed by atoms with Crippen molar-refractivity contribution in [3.05, 3.63) is 23.3 Å². The number of ketones is 1. The monoisotopic (exact) mass is 449 g/mol. The molecule has 0 heterocycles. The second-order valence-corrected chi connectivity index (χ2v) is 13.5. The van der Waals surface area contributed by atoms with Crippen LogP contribution in [0, 0.1) is 62.6 Å². The summed E-state index contributed by atoms with van der Waals surface area (Å²) in [5.41, 5.74) is 1.94. The lowest BCUT2D eigenvalue weighted by atomic mass is 9.40. The van der Waals surface area contributed by atoms with E-state index in [0.717, 1.165) is 32.0 Å². The Hall–Kier alpha value is -1.69. The summed E-state index contributed by atoms with van der Waals surface area (Å²) >= 11 is 0. The maximum atomic E-state index is 14.0. The van der Waals surface area contributed by atoms with Crippen LogP contribution in [0.4, 0.5) is 0 Å². The minimum absolute atomic E-state index is 0.0540. The minimum atomic E-state index is -0.444. The van der Waals surface area contributed by atoms with Gasteiger partial charge in [-0.3, -0.25) is 4.79 Å². The fourth-order valence-corrected chi connectivity index (χ4v) is 8.90. The van der Waals surface area contributed by atoms with E-state index in [1.165, 1.54) is 24.8 Å². The number of hydrogen-bond donors (Lipinski definition) is 0. The highest BCUT2D eigenvalue weighted by atomic mass is 16.1. The van der Waals surface area contributed by atoms with E-state index >= 15 is 0 Å². The van der Waals surface area contributed by atoms with Gasteiger partial charge in [0, 0.05) is 22.8 Å². The van der Waals surface area contributed by atoms with Crippen molar-refractivity contribution < 1.29 is 9.59 Å². The predicted octanol–water partition coefficient (Wildman–Crippen LogP) is 7.08. The summed E-state index contributed by atoms with van der Waals surface area (Å²) in [5, 5.41) is 9.59. The molecule has 4 rings (SSSR count). The first kappa shape index (κ1) is 24.4. The van der Waals surface area contributed by atoms with Crippen molar-refractivity contribution in [2.75, 3.05) is 0 Å². The summed E-state index contributed by atoms with van der Waals surface area (Å²) < 4.78 is 0. The van der Waals surface area contributed by atoms with Gasteiger partial charge in [-0.1, -0.05) is 53.2 Å². The van der Waals surface area contributed by atoms with E-state index in [0.29, 0.717) is 28.6 Å². The normalized spacial score (nSPS) is 45.6. The van der Waals surface area contributed by atoms with Crippen molar-refractivity contribution in [3.8, 4) is 6.07 Å². The highest BCUT2D eigenvalue weighted by molar-refractivity contribution is 5.95. The summed E-state index contributed by atoms with van der Waals surface area (Å²) in [7, 11) is 0. The number of nitrogens with zero attached hydrogens (tertiary/aromatic N) is 1. The summed E-state index contributed by atoms with van der Waals surface area (Å²) in [6, 6.07) is 2.30. The SMILES string of the molecule is C/C(C#N)=C\C1(C)C2=CC(=O)C3C4CC(C)(C)CCC4(C)CCC3C2(C)CCC1C(C)C=O. The average Bonchev–Trinajstić information content (AvgIpc) is 2.75. The predicted molar refractivity (Wildman–Crippen MR) is 132 cm³/mol. The largest absolute Gasteiger partial charge is 0.303 e. The Morgan fingerprint density at radius 3 is 2.42 bits per heavy atom. The maximum Gasteiger partial charge on any atom is 0.159 e. The summed E-state index contributed by atoms with van der Waals surface area (Å²) in [4.78, 5) is 25.9. The summed E-state index contributed by atoms with van der Waals surface area (Å²) in [6.07, 6.45) is 13.1. The standard InChI is InChI=1S/C30H43NO2/c1-19(17-31)15-30(7)21(20(2)18-32)9-11-29(6)22-8-10-28(5)13-12-27(3,4)16-23(28)26(22)24(33)14-25(29)30/h14-15,18,20-23,26H,8-13,16H2,1-7H3/b19-15+. The van der Waals surface area contributed by atoms with E-state index in [1.807, 2.05) is 19.9 Å². The molecule has 0 bridgehead atoms. The van der Waals surface area contributed by atoms with Gasteiger partial charge in [0.1, 0.15) is 6.29 Å². The molecular formula is C30H43NO2. The molecule has 33 heavy (non-hydrogen) atoms. The topological polar surface area (TPSA) is 57.9 Å². The van der Waals surface area contributed by atoms with Gasteiger partial charge in [-0.15, -0.1) is 0 Å². The van der Waals surface area contributed by atoms with Crippen LogP contribution >= 0.6 is 0 Å². The number of hydrogen-bond acceptors (Lipinski definition) is 3. The average molecular weight is 450 g/mol. The molecule has 0 aliphatic heterocycles. The van der Waals surface area contributed by atoms with Crippen LogP contribution < -0.4 is 0 Å². The van der Waals surface area contributed by atoms with Crippen LogP contribution in [0.1, 0.15) is 93.4 Å². The molecule has 0 radical (unpaired) electrons. The van der Waals surface area contributed by atoms with E-state index in [1.54, 1.807) is 0 Å². The Morgan fingerprint density at radius 1 is 1.09 bits per heavy atom. The van der Waals surface area contributed by atoms with Gasteiger partial charge in [-0.05, 0) is 91.9 Å². The van der Waals surface area contributed by atoms with E-state index in [-0.39, 0.29) is 28.6 Å². The molecule has 3 fully saturated rings. The number of carbonyl (C=O) groups is 2. The molecule has 0 aromatic heterocycles. The van der Waals surface area contributed by atoms with E-state index in [2.05, 4.69) is 46.8 Å². The lowest BCUT2D eigenvalue weighted by Crippen LogP contribution is -2.58. The molecule has 4 aliphatic rings. The second-order valence-electron chi connectivity index (χ2n) is 13.5. The minimum Gasteiger partial charge on any atom is -0.303 e. The van der Waals surface area contributed by atoms with Crippen molar-refractivity contribution in [2.24, 2.45) is 51.2 Å². The van der Waals surface area contributed by atoms with Crippen molar-refractivity contribution >= 4 is 12.1 Å². The lowest BCUT2D eigenvalue weighted by Gasteiger charge is -2.63. The first-order valence-electron chi connectivity index (χ1n) is 13.1. The molecule has 8 atom stereocenters. The summed E-state index contributed by atoms with van der Waals surface area (Å²) in [6.45, 7) is 15.6. The number of nitriles is 1. The lowest BCUT2D eigenvalue weighted by molar-refractivity contribution is -0.143. The summed E-state index contributed by atoms with van der Waals surface area (Å²) in [5.74, 6) is 1.25. The van der Waals surface area contributed by atoms with Gasteiger partial charge in [0.15, 0.2) is 5.78 Å². The molecule has 8 unspecified atom stereocenters. The van der Waals surface area contributed by atoms with Gasteiger partial charge in [0.05, 0.1) is 6.07 Å². The molecule has 3 heteroatoms. The first-order valence-corrected chi connectivity index (χ1v) is 13.1. The van der Waals surface area contributed by atoms with Crippen molar-refractivity contribution in [1.29, 1.82) is 5.26 Å². The van der Waals surface area contributed by atoms with Crippen molar-refractivity contribution in [3.63, 3.8) is 0 Å². The van der Waals surface area contributed by atoms with Gasteiger partial charge in [-0.2, -0.15) is 5.26 Å². The highest BCUT2D eigenvalue weighted by Crippen LogP contribution is 2.68. The molecule has 180 valence electrons. The number of carbonyl (C=O) groups excluding carboxylic acids is 2. The molecule has 3 saturated carbocycles. The first-order chi connectivity index (χ1) is 15.3. The maximum absolute atomic E-state index is 14.0. The third kappa shape index (κ3) is 3.67. The van der Waals surface area contributed by atoms with E-state index < -0.39 is 5.41 Å². The zero-order valence-corrected chi connectivity index (χ0v) is 21.8. The molecule has 3 nitrogen and oxygen atoms in total. The smallest absolute Gasteiger partial charge is 0.159 e. The zero-order valence-electron chi connectivity index (χ0n) is 21.8. The van der Waals surface area contributed by atoms with Crippen molar-refractivity contribution in [1.82, 2.24) is 0 Å². The molecule has 0 amide bonds. The van der Waals surface area contributed by atoms with Gasteiger partial charge in [-0.25, -0.2) is 0 Å². The number of rotatable bonds is 3. The van der Waals surface area contributed by atoms with Gasteiger partial charge < -0.3 is 4.79 Å². The van der Waals surface area contributed by atoms with Crippen LogP contribution in [0.2, 0.25) is 0 Å². The Kier molecular flexibility index (Phi) is 5.87. The third-order valence-electron chi connectivity index (χ3n) is 10.9. The molecule has 0 spiro atoms. The van der Waals surface area contributed by atoms with Crippen LogP contribution in [0.5, 0.6) is 0 Å². The molecule has 0 N–H and O–H groups in total. The van der Waals surface area contributed by atoms with Gasteiger partial charge in [0.2, 0.25) is 0 Å². The number of aldehydes is 1. The Balaban J connectivity index is 1.85. The molecule has 0 saturated heterocycles. The molecular weight excluding hydrogens is 406 g/mol. The Labute approximate surface area is 201 Å². The molecule has 4 aliphatic carbocycles. The van der Waals surface area contributed by atoms with E-state index in [9.17, 15) is 14.9 Å². The van der Waals surface area contributed by atoms with Crippen LogP contribution in [0.15, 0.2) is 23.3 Å². The zero-order chi connectivity index (χ0) is 24.4. The Morgan fingerprint density at radius 2 is 1.79 bits per heavy atom. The van der Waals surface area contributed by atoms with Crippen LogP contribution in [-0.4, -0.2) is 12.1 Å². The molecule has 0 aromatic carbocycles. The van der Waals surface area contributed by atoms with Crippen LogP contribution in [-0.2, 0) is 9.59 Å². The fourth-order valence-electron chi connectivity index (χ4n) is 8.90. The van der Waals surface area contributed by atoms with Gasteiger partial charge in [0.25, 0.3) is 0 Å². The Bertz CT molecular complexity index is 951. The van der Waals surface area contributed by atoms with E-state index in [4.69, 9.17) is 0 Å². The number of allylic oxidation sites excluding steroid dienone is 4. The van der Waals surface area contributed by atoms with Gasteiger partial charge >= 0.3 is 0 Å². The quantitative estimate of drug-likeness (QED) is 0.341. The third-order valence-corrected chi connectivity index (χ3v) is 10.9. The fraction of sp³-hybridized carbons (Fsp3) is 0.767. The molecule has 0 aromatic rings. The number of fused-ring (bicyclic) bond motifs is 5. The second kappa shape index (κ2) is 7.93. The highest BCUT2D eigenvalue weighted by Gasteiger charge is 2.62.